The van der Waals surface area contributed by atoms with E-state index in [1.54, 1.807) is 12.1 Å². The van der Waals surface area contributed by atoms with Crippen LogP contribution in [0.1, 0.15) is 5.56 Å². The summed E-state index contributed by atoms with van der Waals surface area (Å²) in [6.45, 7) is 0.107. The Morgan fingerprint density at radius 1 is 1.14 bits per heavy atom. The molecule has 8 heteroatoms. The third kappa shape index (κ3) is 4.34. The number of ether oxygens (including phenoxy) is 1. The zero-order valence-electron chi connectivity index (χ0n) is 10.5. The highest BCUT2D eigenvalue weighted by Gasteiger charge is 2.16. The Bertz CT molecular complexity index is 781. The van der Waals surface area contributed by atoms with Crippen LogP contribution < -0.4 is 9.88 Å². The molecule has 0 aliphatic heterocycles. The lowest BCUT2D eigenvalue weighted by Gasteiger charge is -2.11. The summed E-state index contributed by atoms with van der Waals surface area (Å²) in [6, 6.07) is 9.54. The molecule has 4 nitrogen and oxygen atoms in total. The minimum Gasteiger partial charge on any atom is -0.487 e. The molecule has 2 aromatic carbocycles. The summed E-state index contributed by atoms with van der Waals surface area (Å²) in [5, 5.41) is 5.91. The average molecular weight is 411 g/mol. The highest BCUT2D eigenvalue weighted by molar-refractivity contribution is 9.10. The molecular formula is C13H10BrCl2NO3S. The Morgan fingerprint density at radius 3 is 2.48 bits per heavy atom. The molecule has 0 radical (unpaired) electrons. The second-order valence-corrected chi connectivity index (χ2v) is 7.45. The molecule has 0 aliphatic rings. The third-order valence-electron chi connectivity index (χ3n) is 2.61. The smallest absolute Gasteiger partial charge is 0.241 e. The summed E-state index contributed by atoms with van der Waals surface area (Å²) in [7, 11) is -3.93. The predicted octanol–water partition coefficient (Wildman–Crippen LogP) is 3.98. The first kappa shape index (κ1) is 16.6. The van der Waals surface area contributed by atoms with E-state index in [4.69, 9.17) is 33.1 Å². The van der Waals surface area contributed by atoms with Gasteiger partial charge < -0.3 is 4.74 Å². The highest BCUT2D eigenvalue weighted by atomic mass is 79.9. The van der Waals surface area contributed by atoms with Crippen molar-refractivity contribution < 1.29 is 13.2 Å². The van der Waals surface area contributed by atoms with Crippen molar-refractivity contribution in [1.82, 2.24) is 0 Å². The van der Waals surface area contributed by atoms with Crippen molar-refractivity contribution in [3.05, 3.63) is 56.5 Å². The number of hydrogen-bond acceptors (Lipinski definition) is 3. The molecule has 0 amide bonds. The summed E-state index contributed by atoms with van der Waals surface area (Å²) in [5.41, 5.74) is 0.718. The van der Waals surface area contributed by atoms with Crippen LogP contribution in [0.15, 0.2) is 45.8 Å². The van der Waals surface area contributed by atoms with Crippen LogP contribution in [0.3, 0.4) is 0 Å². The molecule has 0 heterocycles. The number of halogens is 3. The van der Waals surface area contributed by atoms with Gasteiger partial charge in [0, 0.05) is 20.1 Å². The second-order valence-electron chi connectivity index (χ2n) is 4.16. The normalized spacial score (nSPS) is 11.4. The predicted molar refractivity (Wildman–Crippen MR) is 86.3 cm³/mol. The SMILES string of the molecule is NS(=O)(=O)c1cc(Cl)ccc1OCc1ccc(Br)cc1Cl. The van der Waals surface area contributed by atoms with Crippen LogP contribution in [0.5, 0.6) is 5.75 Å². The van der Waals surface area contributed by atoms with Gasteiger partial charge in [-0.1, -0.05) is 45.2 Å². The Morgan fingerprint density at radius 2 is 1.86 bits per heavy atom. The molecule has 0 saturated heterocycles. The van der Waals surface area contributed by atoms with Crippen LogP contribution in [0.2, 0.25) is 10.0 Å². The van der Waals surface area contributed by atoms with Crippen molar-refractivity contribution in [2.24, 2.45) is 5.14 Å². The largest absolute Gasteiger partial charge is 0.487 e. The maximum absolute atomic E-state index is 11.5. The summed E-state index contributed by atoms with van der Waals surface area (Å²) in [6.07, 6.45) is 0. The molecule has 0 spiro atoms. The van der Waals surface area contributed by atoms with Crippen molar-refractivity contribution in [3.63, 3.8) is 0 Å². The van der Waals surface area contributed by atoms with Gasteiger partial charge in [-0.05, 0) is 30.3 Å². The zero-order valence-corrected chi connectivity index (χ0v) is 14.4. The number of nitrogens with two attached hydrogens (primary N) is 1. The lowest BCUT2D eigenvalue weighted by molar-refractivity contribution is 0.298. The van der Waals surface area contributed by atoms with Gasteiger partial charge >= 0.3 is 0 Å². The molecule has 112 valence electrons. The molecule has 0 unspecified atom stereocenters. The van der Waals surface area contributed by atoms with Gasteiger partial charge in [-0.2, -0.15) is 0 Å². The van der Waals surface area contributed by atoms with Gasteiger partial charge in [-0.25, -0.2) is 13.6 Å². The monoisotopic (exact) mass is 409 g/mol. The number of primary sulfonamides is 1. The molecule has 0 fully saturated rings. The molecule has 21 heavy (non-hydrogen) atoms. The Kier molecular flexibility index (Phi) is 5.16. The van der Waals surface area contributed by atoms with Crippen molar-refractivity contribution in [2.45, 2.75) is 11.5 Å². The minimum atomic E-state index is -3.93. The Balaban J connectivity index is 2.28. The number of hydrogen-bond donors (Lipinski definition) is 1. The maximum Gasteiger partial charge on any atom is 0.241 e. The van der Waals surface area contributed by atoms with Crippen molar-refractivity contribution >= 4 is 49.2 Å². The van der Waals surface area contributed by atoms with E-state index in [1.165, 1.54) is 18.2 Å². The first-order chi connectivity index (χ1) is 9.77. The lowest BCUT2D eigenvalue weighted by Crippen LogP contribution is -2.14. The molecule has 2 N–H and O–H groups in total. The zero-order chi connectivity index (χ0) is 15.6. The van der Waals surface area contributed by atoms with Crippen LogP contribution >= 0.6 is 39.1 Å². The number of rotatable bonds is 4. The standard InChI is InChI=1S/C13H10BrCl2NO3S/c14-9-2-1-8(11(16)5-9)7-20-12-4-3-10(15)6-13(12)21(17,18)19/h1-6H,7H2,(H2,17,18,19). The summed E-state index contributed by atoms with van der Waals surface area (Å²) in [5.74, 6) is 0.126. The molecular weight excluding hydrogens is 401 g/mol. The van der Waals surface area contributed by atoms with E-state index in [2.05, 4.69) is 15.9 Å². The number of sulfonamides is 1. The summed E-state index contributed by atoms with van der Waals surface area (Å²) < 4.78 is 29.4. The van der Waals surface area contributed by atoms with Crippen molar-refractivity contribution in [1.29, 1.82) is 0 Å². The van der Waals surface area contributed by atoms with E-state index in [0.29, 0.717) is 5.02 Å². The van der Waals surface area contributed by atoms with Crippen molar-refractivity contribution in [2.75, 3.05) is 0 Å². The quantitative estimate of drug-likeness (QED) is 0.828. The Hall–Kier alpha value is -0.790. The van der Waals surface area contributed by atoms with Crippen molar-refractivity contribution in [3.8, 4) is 5.75 Å². The fourth-order valence-corrected chi connectivity index (χ4v) is 3.28. The molecule has 2 aromatic rings. The molecule has 0 aliphatic carbocycles. The topological polar surface area (TPSA) is 69.4 Å². The summed E-state index contributed by atoms with van der Waals surface area (Å²) >= 11 is 15.2. The van der Waals surface area contributed by atoms with Crippen LogP contribution in [0.25, 0.3) is 0 Å². The first-order valence-electron chi connectivity index (χ1n) is 5.66. The van der Waals surface area contributed by atoms with Gasteiger partial charge in [0.05, 0.1) is 0 Å². The maximum atomic E-state index is 11.5. The van der Waals surface area contributed by atoms with Gasteiger partial charge in [-0.3, -0.25) is 0 Å². The Labute approximate surface area is 141 Å². The first-order valence-corrected chi connectivity index (χ1v) is 8.76. The van der Waals surface area contributed by atoms with Crippen LogP contribution in [-0.4, -0.2) is 8.42 Å². The van der Waals surface area contributed by atoms with Gasteiger partial charge in [0.25, 0.3) is 0 Å². The second kappa shape index (κ2) is 6.54. The van der Waals surface area contributed by atoms with E-state index >= 15 is 0 Å². The highest BCUT2D eigenvalue weighted by Crippen LogP contribution is 2.28. The van der Waals surface area contributed by atoms with E-state index in [1.807, 2.05) is 6.07 Å². The molecule has 2 rings (SSSR count). The van der Waals surface area contributed by atoms with Gasteiger partial charge in [0.2, 0.25) is 10.0 Å². The fraction of sp³-hybridized carbons (Fsp3) is 0.0769. The molecule has 0 saturated carbocycles. The summed E-state index contributed by atoms with van der Waals surface area (Å²) in [4.78, 5) is -0.164. The lowest BCUT2D eigenvalue weighted by atomic mass is 10.2. The van der Waals surface area contributed by atoms with Gasteiger partial charge in [0.15, 0.2) is 0 Å². The van der Waals surface area contributed by atoms with Crippen LogP contribution in [0.4, 0.5) is 0 Å². The van der Waals surface area contributed by atoms with Crippen LogP contribution in [0, 0.1) is 0 Å². The van der Waals surface area contributed by atoms with E-state index < -0.39 is 10.0 Å². The van der Waals surface area contributed by atoms with E-state index in [9.17, 15) is 8.42 Å². The average Bonchev–Trinajstić information content (AvgIpc) is 2.38. The fourth-order valence-electron chi connectivity index (χ4n) is 1.62. The van der Waals surface area contributed by atoms with E-state index in [-0.39, 0.29) is 22.3 Å². The molecule has 0 atom stereocenters. The van der Waals surface area contributed by atoms with E-state index in [0.717, 1.165) is 10.0 Å². The third-order valence-corrected chi connectivity index (χ3v) is 4.62. The van der Waals surface area contributed by atoms with Gasteiger partial charge in [-0.15, -0.1) is 0 Å². The number of benzene rings is 2. The molecule has 0 bridgehead atoms. The molecule has 0 aromatic heterocycles. The van der Waals surface area contributed by atoms with Gasteiger partial charge in [0.1, 0.15) is 17.3 Å². The van der Waals surface area contributed by atoms with Crippen LogP contribution in [-0.2, 0) is 16.6 Å². The minimum absolute atomic E-state index is 0.107.